The molecule has 1 aliphatic rings. The molecule has 0 saturated carbocycles. The molecule has 1 unspecified atom stereocenters. The van der Waals surface area contributed by atoms with E-state index in [4.69, 9.17) is 7.85 Å². The molecule has 0 spiro atoms. The highest BCUT2D eigenvalue weighted by Crippen LogP contribution is 1.99. The number of allylic oxidation sites excluding steroid dienone is 2. The summed E-state index contributed by atoms with van der Waals surface area (Å²) in [5.74, 6) is 0.0694. The summed E-state index contributed by atoms with van der Waals surface area (Å²) in [7, 11) is 7.52. The highest BCUT2D eigenvalue weighted by molar-refractivity contribution is 6.13. The Kier molecular flexibility index (Phi) is 1.42. The molecule has 1 rings (SSSR count). The first-order chi connectivity index (χ1) is 3.80. The van der Waals surface area contributed by atoms with Crippen LogP contribution in [0.2, 0.25) is 0 Å². The van der Waals surface area contributed by atoms with Gasteiger partial charge in [-0.05, 0) is 12.3 Å². The second kappa shape index (κ2) is 2.08. The lowest BCUT2D eigenvalue weighted by Gasteiger charge is -2.22. The fourth-order valence-electron chi connectivity index (χ4n) is 0.599. The fourth-order valence-corrected chi connectivity index (χ4v) is 0.599. The topological polar surface area (TPSA) is 3.24 Å². The zero-order valence-electron chi connectivity index (χ0n) is 4.91. The van der Waals surface area contributed by atoms with E-state index in [2.05, 4.69) is 0 Å². The number of nitrogens with zero attached hydrogens (tertiary/aromatic N) is 1. The predicted molar refractivity (Wildman–Crippen MR) is 35.6 cm³/mol. The van der Waals surface area contributed by atoms with E-state index in [0.717, 1.165) is 0 Å². The van der Waals surface area contributed by atoms with Crippen molar-refractivity contribution in [2.24, 2.45) is 0 Å². The van der Waals surface area contributed by atoms with Crippen molar-refractivity contribution in [3.63, 3.8) is 0 Å². The van der Waals surface area contributed by atoms with Crippen molar-refractivity contribution in [3.8, 4) is 0 Å². The van der Waals surface area contributed by atoms with Crippen LogP contribution >= 0.6 is 0 Å². The van der Waals surface area contributed by atoms with E-state index >= 15 is 0 Å². The third-order valence-corrected chi connectivity index (χ3v) is 1.21. The molecule has 2 radical (unpaired) electrons. The Balaban J connectivity index is 2.59. The highest BCUT2D eigenvalue weighted by atomic mass is 15.1. The molecule has 8 heavy (non-hydrogen) atoms. The number of rotatable bonds is 0. The van der Waals surface area contributed by atoms with Crippen LogP contribution in [-0.4, -0.2) is 25.7 Å². The van der Waals surface area contributed by atoms with Gasteiger partial charge in [0.05, 0.1) is 0 Å². The molecule has 0 aromatic heterocycles. The van der Waals surface area contributed by atoms with Crippen LogP contribution in [0.1, 0.15) is 0 Å². The normalized spacial score (nSPS) is 26.6. The minimum absolute atomic E-state index is 0.0694. The van der Waals surface area contributed by atoms with Crippen molar-refractivity contribution in [1.29, 1.82) is 0 Å². The van der Waals surface area contributed by atoms with Crippen LogP contribution in [0.3, 0.4) is 0 Å². The average Bonchev–Trinajstić information content (AvgIpc) is 1.77. The maximum atomic E-state index is 5.57. The lowest BCUT2D eigenvalue weighted by molar-refractivity contribution is 0.466. The first kappa shape index (κ1) is 5.48. The van der Waals surface area contributed by atoms with Crippen molar-refractivity contribution in [3.05, 3.63) is 24.4 Å². The molecule has 0 fully saturated rings. The first-order valence-electron chi connectivity index (χ1n) is 2.63. The molecule has 40 valence electrons. The molecular weight excluding hydrogens is 96.9 g/mol. The summed E-state index contributed by atoms with van der Waals surface area (Å²) in [6, 6.07) is 0. The van der Waals surface area contributed by atoms with Gasteiger partial charge in [0.15, 0.2) is 0 Å². The molecule has 0 N–H and O–H groups in total. The monoisotopic (exact) mass is 105 g/mol. The molecule has 0 saturated heterocycles. The van der Waals surface area contributed by atoms with E-state index < -0.39 is 0 Å². The first-order valence-corrected chi connectivity index (χ1v) is 2.63. The van der Waals surface area contributed by atoms with E-state index in [-0.39, 0.29) is 5.94 Å². The Morgan fingerprint density at radius 1 is 1.50 bits per heavy atom. The summed E-state index contributed by atoms with van der Waals surface area (Å²) in [4.78, 5) is 1.94. The lowest BCUT2D eigenvalue weighted by atomic mass is 9.94. The van der Waals surface area contributed by atoms with Crippen molar-refractivity contribution < 1.29 is 0 Å². The van der Waals surface area contributed by atoms with Gasteiger partial charge in [0.1, 0.15) is 7.85 Å². The molecule has 0 bridgehead atoms. The smallest absolute Gasteiger partial charge is 0.105 e. The summed E-state index contributed by atoms with van der Waals surface area (Å²) in [6.45, 7) is 0. The molecule has 1 atom stereocenters. The molecular formula is C6H8BN. The molecule has 0 aromatic carbocycles. The molecule has 1 heterocycles. The standard InChI is InChI=1S/C6H8BN/c1-8-5-3-2-4-6(8)7/h2-6H,1H3. The Bertz CT molecular complexity index is 112. The summed E-state index contributed by atoms with van der Waals surface area (Å²) in [5.41, 5.74) is 0. The predicted octanol–water partition coefficient (Wildman–Crippen LogP) is 0.496. The minimum atomic E-state index is 0.0694. The van der Waals surface area contributed by atoms with Crippen molar-refractivity contribution in [2.75, 3.05) is 7.05 Å². The van der Waals surface area contributed by atoms with Crippen LogP contribution in [0, 0.1) is 0 Å². The lowest BCUT2D eigenvalue weighted by Crippen LogP contribution is -2.26. The molecule has 1 aliphatic heterocycles. The van der Waals surface area contributed by atoms with Crippen molar-refractivity contribution in [1.82, 2.24) is 4.90 Å². The third kappa shape index (κ3) is 0.943. The van der Waals surface area contributed by atoms with Crippen molar-refractivity contribution in [2.45, 2.75) is 5.94 Å². The zero-order chi connectivity index (χ0) is 5.98. The minimum Gasteiger partial charge on any atom is -0.383 e. The molecule has 0 aromatic rings. The van der Waals surface area contributed by atoms with Crippen molar-refractivity contribution >= 4 is 7.85 Å². The number of hydrogen-bond donors (Lipinski definition) is 0. The van der Waals surface area contributed by atoms with E-state index in [1.807, 2.05) is 36.4 Å². The summed E-state index contributed by atoms with van der Waals surface area (Å²) >= 11 is 0. The van der Waals surface area contributed by atoms with Crippen LogP contribution in [0.25, 0.3) is 0 Å². The largest absolute Gasteiger partial charge is 0.383 e. The van der Waals surface area contributed by atoms with Gasteiger partial charge in [-0.2, -0.15) is 0 Å². The van der Waals surface area contributed by atoms with Crippen LogP contribution in [0.5, 0.6) is 0 Å². The van der Waals surface area contributed by atoms with E-state index in [0.29, 0.717) is 0 Å². The van der Waals surface area contributed by atoms with Crippen LogP contribution in [0.15, 0.2) is 24.4 Å². The maximum absolute atomic E-state index is 5.57. The molecule has 2 heteroatoms. The Morgan fingerprint density at radius 2 is 2.25 bits per heavy atom. The number of likely N-dealkylation sites (N-methyl/N-ethyl adjacent to an activating group) is 1. The molecule has 1 nitrogen and oxygen atoms in total. The van der Waals surface area contributed by atoms with Crippen LogP contribution in [0.4, 0.5) is 0 Å². The maximum Gasteiger partial charge on any atom is 0.105 e. The second-order valence-electron chi connectivity index (χ2n) is 1.88. The zero-order valence-corrected chi connectivity index (χ0v) is 4.91. The SMILES string of the molecule is [B]C1C=CC=CN1C. The average molecular weight is 105 g/mol. The second-order valence-corrected chi connectivity index (χ2v) is 1.88. The Hall–Kier alpha value is -0.655. The van der Waals surface area contributed by atoms with Gasteiger partial charge in [-0.25, -0.2) is 0 Å². The van der Waals surface area contributed by atoms with E-state index in [1.54, 1.807) is 0 Å². The van der Waals surface area contributed by atoms with Gasteiger partial charge in [0, 0.05) is 13.0 Å². The van der Waals surface area contributed by atoms with Gasteiger partial charge >= 0.3 is 0 Å². The van der Waals surface area contributed by atoms with E-state index in [1.165, 1.54) is 0 Å². The van der Waals surface area contributed by atoms with Crippen LogP contribution in [-0.2, 0) is 0 Å². The summed E-state index contributed by atoms with van der Waals surface area (Å²) in [6.07, 6.45) is 7.80. The van der Waals surface area contributed by atoms with Gasteiger partial charge in [0.2, 0.25) is 0 Å². The molecule has 0 amide bonds. The molecule has 0 aliphatic carbocycles. The van der Waals surface area contributed by atoms with Gasteiger partial charge in [-0.3, -0.25) is 0 Å². The quantitative estimate of drug-likeness (QED) is 0.405. The Morgan fingerprint density at radius 3 is 2.62 bits per heavy atom. The Labute approximate surface area is 51.1 Å². The number of hydrogen-bond acceptors (Lipinski definition) is 1. The van der Waals surface area contributed by atoms with Gasteiger partial charge < -0.3 is 4.90 Å². The van der Waals surface area contributed by atoms with Crippen LogP contribution < -0.4 is 0 Å². The van der Waals surface area contributed by atoms with Gasteiger partial charge in [-0.15, -0.1) is 0 Å². The fraction of sp³-hybridized carbons (Fsp3) is 0.333. The highest BCUT2D eigenvalue weighted by Gasteiger charge is 2.00. The summed E-state index contributed by atoms with van der Waals surface area (Å²) in [5, 5.41) is 0. The summed E-state index contributed by atoms with van der Waals surface area (Å²) < 4.78 is 0. The van der Waals surface area contributed by atoms with Gasteiger partial charge in [0.25, 0.3) is 0 Å². The van der Waals surface area contributed by atoms with E-state index in [9.17, 15) is 0 Å². The van der Waals surface area contributed by atoms with Gasteiger partial charge in [-0.1, -0.05) is 12.2 Å². The third-order valence-electron chi connectivity index (χ3n) is 1.21.